The second-order valence-electron chi connectivity index (χ2n) is 5.49. The lowest BCUT2D eigenvalue weighted by molar-refractivity contribution is -0.132. The van der Waals surface area contributed by atoms with E-state index in [1.54, 1.807) is 0 Å². The molecule has 0 aliphatic carbocycles. The molecule has 22 heavy (non-hydrogen) atoms. The highest BCUT2D eigenvalue weighted by Gasteiger charge is 2.32. The zero-order valence-electron chi connectivity index (χ0n) is 12.9. The Balaban J connectivity index is 0.00000176. The van der Waals surface area contributed by atoms with E-state index in [2.05, 4.69) is 17.6 Å². The first-order valence-electron chi connectivity index (χ1n) is 7.71. The Bertz CT molecular complexity index is 655. The van der Waals surface area contributed by atoms with Gasteiger partial charge in [-0.25, -0.2) is 4.98 Å². The number of carbonyl (C=O) groups is 1. The minimum Gasteiger partial charge on any atom is -0.332 e. The van der Waals surface area contributed by atoms with Gasteiger partial charge in [0.2, 0.25) is 5.91 Å². The number of nitrogens with zero attached hydrogens (tertiary/aromatic N) is 3. The quantitative estimate of drug-likeness (QED) is 0.940. The van der Waals surface area contributed by atoms with Crippen molar-refractivity contribution < 1.29 is 4.79 Å². The van der Waals surface area contributed by atoms with Crippen LogP contribution in [-0.4, -0.2) is 33.4 Å². The maximum Gasteiger partial charge on any atom is 0.224 e. The molecule has 2 heterocycles. The zero-order chi connectivity index (χ0) is 14.8. The first kappa shape index (κ1) is 16.8. The van der Waals surface area contributed by atoms with E-state index in [0.717, 1.165) is 42.8 Å². The molecule has 0 spiro atoms. The van der Waals surface area contributed by atoms with Crippen molar-refractivity contribution in [2.75, 3.05) is 13.1 Å². The summed E-state index contributed by atoms with van der Waals surface area (Å²) in [7, 11) is 0. The lowest BCUT2D eigenvalue weighted by Crippen LogP contribution is -2.33. The van der Waals surface area contributed by atoms with E-state index in [9.17, 15) is 4.79 Å². The molecule has 3 rings (SSSR count). The summed E-state index contributed by atoms with van der Waals surface area (Å²) in [4.78, 5) is 19.0. The number of para-hydroxylation sites is 2. The van der Waals surface area contributed by atoms with E-state index < -0.39 is 0 Å². The fourth-order valence-corrected chi connectivity index (χ4v) is 3.28. The molecule has 1 aliphatic rings. The number of amides is 1. The molecule has 2 N–H and O–H groups in total. The van der Waals surface area contributed by atoms with Gasteiger partial charge < -0.3 is 15.2 Å². The van der Waals surface area contributed by atoms with Gasteiger partial charge in [0.05, 0.1) is 17.1 Å². The molecule has 1 aliphatic heterocycles. The lowest BCUT2D eigenvalue weighted by atomic mass is 10.2. The molecule has 6 heteroatoms. The monoisotopic (exact) mass is 322 g/mol. The Morgan fingerprint density at radius 3 is 2.91 bits per heavy atom. The molecule has 2 aromatic rings. The van der Waals surface area contributed by atoms with Crippen LogP contribution in [0.2, 0.25) is 0 Å². The molecule has 5 nitrogen and oxygen atoms in total. The Kier molecular flexibility index (Phi) is 5.42. The van der Waals surface area contributed by atoms with E-state index in [1.165, 1.54) is 0 Å². The van der Waals surface area contributed by atoms with Crippen molar-refractivity contribution in [3.05, 3.63) is 30.1 Å². The molecule has 1 aromatic heterocycles. The van der Waals surface area contributed by atoms with Crippen molar-refractivity contribution in [2.45, 2.75) is 38.8 Å². The minimum absolute atomic E-state index is 0. The number of hydrogen-bond donors (Lipinski definition) is 1. The lowest BCUT2D eigenvalue weighted by Gasteiger charge is -2.24. The van der Waals surface area contributed by atoms with Gasteiger partial charge >= 0.3 is 0 Å². The predicted molar refractivity (Wildman–Crippen MR) is 90.0 cm³/mol. The number of aromatic nitrogens is 2. The van der Waals surface area contributed by atoms with Crippen molar-refractivity contribution in [2.24, 2.45) is 5.73 Å². The number of likely N-dealkylation sites (tertiary alicyclic amines) is 1. The summed E-state index contributed by atoms with van der Waals surface area (Å²) in [5.41, 5.74) is 7.68. The summed E-state index contributed by atoms with van der Waals surface area (Å²) in [6.45, 7) is 4.21. The summed E-state index contributed by atoms with van der Waals surface area (Å²) >= 11 is 0. The average Bonchev–Trinajstić information content (AvgIpc) is 3.11. The van der Waals surface area contributed by atoms with E-state index in [-0.39, 0.29) is 24.4 Å². The molecular weight excluding hydrogens is 300 g/mol. The molecule has 1 fully saturated rings. The highest BCUT2D eigenvalue weighted by atomic mass is 35.5. The van der Waals surface area contributed by atoms with Gasteiger partial charge in [0.25, 0.3) is 0 Å². The number of imidazole rings is 1. The van der Waals surface area contributed by atoms with Crippen LogP contribution in [-0.2, 0) is 11.3 Å². The van der Waals surface area contributed by atoms with Crippen LogP contribution in [0.1, 0.15) is 38.1 Å². The normalized spacial score (nSPS) is 17.7. The van der Waals surface area contributed by atoms with Gasteiger partial charge in [-0.05, 0) is 31.9 Å². The second-order valence-corrected chi connectivity index (χ2v) is 5.49. The Hall–Kier alpha value is -1.59. The van der Waals surface area contributed by atoms with Gasteiger partial charge in [-0.15, -0.1) is 12.4 Å². The van der Waals surface area contributed by atoms with Crippen LogP contribution in [0, 0.1) is 0 Å². The molecule has 120 valence electrons. The molecule has 0 radical (unpaired) electrons. The highest BCUT2D eigenvalue weighted by Crippen LogP contribution is 2.33. The maximum absolute atomic E-state index is 12.3. The number of hydrogen-bond acceptors (Lipinski definition) is 3. The molecular formula is C16H23ClN4O. The molecule has 1 unspecified atom stereocenters. The van der Waals surface area contributed by atoms with Crippen molar-refractivity contribution in [3.63, 3.8) is 0 Å². The van der Waals surface area contributed by atoms with Gasteiger partial charge in [-0.1, -0.05) is 12.1 Å². The topological polar surface area (TPSA) is 64.2 Å². The summed E-state index contributed by atoms with van der Waals surface area (Å²) in [6.07, 6.45) is 2.44. The molecule has 1 amide bonds. The average molecular weight is 323 g/mol. The highest BCUT2D eigenvalue weighted by molar-refractivity contribution is 5.85. The maximum atomic E-state index is 12.3. The van der Waals surface area contributed by atoms with Crippen molar-refractivity contribution in [1.29, 1.82) is 0 Å². The van der Waals surface area contributed by atoms with E-state index in [1.807, 2.05) is 23.1 Å². The van der Waals surface area contributed by atoms with Crippen LogP contribution in [0.3, 0.4) is 0 Å². The van der Waals surface area contributed by atoms with Crippen molar-refractivity contribution >= 4 is 29.3 Å². The molecule has 0 saturated carbocycles. The molecule has 0 bridgehead atoms. The number of carbonyl (C=O) groups excluding carboxylic acids is 1. The standard InChI is InChI=1S/C16H22N4O.ClH/c1-2-19-13-7-4-3-6-12(13)18-16(19)14-8-5-11-20(14)15(21)9-10-17;/h3-4,6-7,14H,2,5,8-11,17H2,1H3;1H. The zero-order valence-corrected chi connectivity index (χ0v) is 13.7. The van der Waals surface area contributed by atoms with Crippen LogP contribution < -0.4 is 5.73 Å². The third-order valence-electron chi connectivity index (χ3n) is 4.23. The Morgan fingerprint density at radius 2 is 2.18 bits per heavy atom. The first-order valence-corrected chi connectivity index (χ1v) is 7.71. The van der Waals surface area contributed by atoms with Gasteiger partial charge in [0, 0.05) is 26.1 Å². The third-order valence-corrected chi connectivity index (χ3v) is 4.23. The second kappa shape index (κ2) is 7.11. The van der Waals surface area contributed by atoms with Gasteiger partial charge in [-0.3, -0.25) is 4.79 Å². The van der Waals surface area contributed by atoms with Crippen LogP contribution in [0.5, 0.6) is 0 Å². The van der Waals surface area contributed by atoms with Crippen LogP contribution >= 0.6 is 12.4 Å². The summed E-state index contributed by atoms with van der Waals surface area (Å²) in [5.74, 6) is 1.16. The molecule has 1 saturated heterocycles. The summed E-state index contributed by atoms with van der Waals surface area (Å²) in [5, 5.41) is 0. The first-order chi connectivity index (χ1) is 10.3. The molecule has 1 aromatic carbocycles. The van der Waals surface area contributed by atoms with E-state index in [4.69, 9.17) is 10.7 Å². The van der Waals surface area contributed by atoms with E-state index >= 15 is 0 Å². The van der Waals surface area contributed by atoms with Crippen LogP contribution in [0.25, 0.3) is 11.0 Å². The SMILES string of the molecule is CCn1c(C2CCCN2C(=O)CCN)nc2ccccc21.Cl. The Morgan fingerprint density at radius 1 is 1.41 bits per heavy atom. The van der Waals surface area contributed by atoms with Gasteiger partial charge in [-0.2, -0.15) is 0 Å². The Labute approximate surface area is 136 Å². The third kappa shape index (κ3) is 2.83. The largest absolute Gasteiger partial charge is 0.332 e. The van der Waals surface area contributed by atoms with Crippen LogP contribution in [0.15, 0.2) is 24.3 Å². The number of rotatable bonds is 4. The van der Waals surface area contributed by atoms with Crippen molar-refractivity contribution in [1.82, 2.24) is 14.5 Å². The fourth-order valence-electron chi connectivity index (χ4n) is 3.28. The summed E-state index contributed by atoms with van der Waals surface area (Å²) < 4.78 is 2.23. The number of fused-ring (bicyclic) bond motifs is 1. The smallest absolute Gasteiger partial charge is 0.224 e. The molecule has 1 atom stereocenters. The number of halogens is 1. The van der Waals surface area contributed by atoms with E-state index in [0.29, 0.717) is 13.0 Å². The van der Waals surface area contributed by atoms with Gasteiger partial charge in [0.15, 0.2) is 0 Å². The number of benzene rings is 1. The van der Waals surface area contributed by atoms with Crippen molar-refractivity contribution in [3.8, 4) is 0 Å². The predicted octanol–water partition coefficient (Wildman–Crippen LogP) is 2.49. The minimum atomic E-state index is 0. The van der Waals surface area contributed by atoms with Crippen LogP contribution in [0.4, 0.5) is 0 Å². The summed E-state index contributed by atoms with van der Waals surface area (Å²) in [6, 6.07) is 8.26. The number of aryl methyl sites for hydroxylation is 1. The number of nitrogens with two attached hydrogens (primary N) is 1. The van der Waals surface area contributed by atoms with Gasteiger partial charge in [0.1, 0.15) is 5.82 Å². The fraction of sp³-hybridized carbons (Fsp3) is 0.500.